The molecule has 98 valence electrons. The van der Waals surface area contributed by atoms with Crippen LogP contribution < -0.4 is 0 Å². The average molecular weight is 281 g/mol. The van der Waals surface area contributed by atoms with Gasteiger partial charge in [-0.05, 0) is 12.5 Å². The fourth-order valence-electron chi connectivity index (χ4n) is 2.06. The molecule has 0 spiro atoms. The zero-order valence-corrected chi connectivity index (χ0v) is 12.3. The lowest BCUT2D eigenvalue weighted by molar-refractivity contribution is 0.275. The van der Waals surface area contributed by atoms with Gasteiger partial charge < -0.3 is 5.11 Å². The van der Waals surface area contributed by atoms with E-state index >= 15 is 0 Å². The van der Waals surface area contributed by atoms with E-state index in [1.807, 2.05) is 0 Å². The number of hydrogen-bond acceptors (Lipinski definition) is 4. The standard InChI is InChI=1S/C14H19NOS2/c1-2-13-9-15(5-7-17-13)10-14-8-12(11-18-14)4-3-6-16/h8,11,13,16H,2,5-7,9-10H2,1H3. The highest BCUT2D eigenvalue weighted by Crippen LogP contribution is 2.24. The first-order chi connectivity index (χ1) is 8.81. The van der Waals surface area contributed by atoms with Gasteiger partial charge in [-0.1, -0.05) is 18.8 Å². The Balaban J connectivity index is 1.90. The van der Waals surface area contributed by atoms with Crippen LogP contribution in [0.1, 0.15) is 23.8 Å². The van der Waals surface area contributed by atoms with Gasteiger partial charge in [0.2, 0.25) is 0 Å². The van der Waals surface area contributed by atoms with Crippen molar-refractivity contribution in [2.45, 2.75) is 25.1 Å². The third-order valence-corrected chi connectivity index (χ3v) is 5.32. The summed E-state index contributed by atoms with van der Waals surface area (Å²) in [5.41, 5.74) is 1.03. The van der Waals surface area contributed by atoms with Gasteiger partial charge in [-0.3, -0.25) is 4.90 Å². The van der Waals surface area contributed by atoms with E-state index in [0.717, 1.165) is 17.4 Å². The Kier molecular flexibility index (Phi) is 5.58. The van der Waals surface area contributed by atoms with Gasteiger partial charge >= 0.3 is 0 Å². The molecule has 0 radical (unpaired) electrons. The lowest BCUT2D eigenvalue weighted by Crippen LogP contribution is -2.36. The van der Waals surface area contributed by atoms with E-state index in [-0.39, 0.29) is 6.61 Å². The maximum absolute atomic E-state index is 8.67. The molecule has 2 nitrogen and oxygen atoms in total. The lowest BCUT2D eigenvalue weighted by atomic mass is 10.2. The predicted octanol–water partition coefficient (Wildman–Crippen LogP) is 2.42. The first-order valence-corrected chi connectivity index (χ1v) is 8.25. The van der Waals surface area contributed by atoms with Crippen LogP contribution in [0.2, 0.25) is 0 Å². The molecule has 1 aromatic heterocycles. The van der Waals surface area contributed by atoms with Crippen molar-refractivity contribution in [1.82, 2.24) is 4.90 Å². The van der Waals surface area contributed by atoms with Gasteiger partial charge in [0.05, 0.1) is 0 Å². The Hall–Kier alpha value is -0.470. The Morgan fingerprint density at radius 1 is 1.56 bits per heavy atom. The fraction of sp³-hybridized carbons (Fsp3) is 0.571. The van der Waals surface area contributed by atoms with E-state index in [9.17, 15) is 0 Å². The third-order valence-electron chi connectivity index (χ3n) is 3.02. The smallest absolute Gasteiger partial charge is 0.104 e. The summed E-state index contributed by atoms with van der Waals surface area (Å²) in [6.45, 7) is 5.65. The summed E-state index contributed by atoms with van der Waals surface area (Å²) in [7, 11) is 0. The molecule has 1 aromatic rings. The van der Waals surface area contributed by atoms with E-state index in [1.54, 1.807) is 11.3 Å². The minimum Gasteiger partial charge on any atom is -0.384 e. The molecule has 0 amide bonds. The van der Waals surface area contributed by atoms with E-state index in [2.05, 4.69) is 46.9 Å². The molecule has 1 fully saturated rings. The maximum atomic E-state index is 8.67. The molecule has 0 bridgehead atoms. The highest BCUT2D eigenvalue weighted by molar-refractivity contribution is 8.00. The topological polar surface area (TPSA) is 23.5 Å². The fourth-order valence-corrected chi connectivity index (χ4v) is 4.17. The molecule has 2 rings (SSSR count). The van der Waals surface area contributed by atoms with Crippen LogP contribution in [0.3, 0.4) is 0 Å². The molecule has 1 aliphatic rings. The van der Waals surface area contributed by atoms with Crippen LogP contribution in [0.25, 0.3) is 0 Å². The molecule has 18 heavy (non-hydrogen) atoms. The van der Waals surface area contributed by atoms with Crippen molar-refractivity contribution in [3.8, 4) is 11.8 Å². The van der Waals surface area contributed by atoms with E-state index in [4.69, 9.17) is 5.11 Å². The molecule has 2 heterocycles. The predicted molar refractivity (Wildman–Crippen MR) is 80.1 cm³/mol. The molecule has 0 aromatic carbocycles. The minimum atomic E-state index is -0.0628. The van der Waals surface area contributed by atoms with Crippen molar-refractivity contribution in [3.05, 3.63) is 21.9 Å². The number of rotatable bonds is 3. The summed E-state index contributed by atoms with van der Waals surface area (Å²) < 4.78 is 0. The van der Waals surface area contributed by atoms with Crippen LogP contribution in [0.4, 0.5) is 0 Å². The Bertz CT molecular complexity index is 432. The second-order valence-corrected chi connectivity index (χ2v) is 6.80. The summed E-state index contributed by atoms with van der Waals surface area (Å²) in [5, 5.41) is 11.5. The van der Waals surface area contributed by atoms with Crippen LogP contribution >= 0.6 is 23.1 Å². The molecular formula is C14H19NOS2. The monoisotopic (exact) mass is 281 g/mol. The van der Waals surface area contributed by atoms with Gasteiger partial charge in [0, 0.05) is 46.5 Å². The quantitative estimate of drug-likeness (QED) is 0.861. The number of hydrogen-bond donors (Lipinski definition) is 1. The Morgan fingerprint density at radius 2 is 2.44 bits per heavy atom. The van der Waals surface area contributed by atoms with Crippen LogP contribution in [0.5, 0.6) is 0 Å². The summed E-state index contributed by atoms with van der Waals surface area (Å²) >= 11 is 3.88. The largest absolute Gasteiger partial charge is 0.384 e. The summed E-state index contributed by atoms with van der Waals surface area (Å²) in [4.78, 5) is 3.92. The van der Waals surface area contributed by atoms with Crippen molar-refractivity contribution in [1.29, 1.82) is 0 Å². The number of thioether (sulfide) groups is 1. The Morgan fingerprint density at radius 3 is 3.22 bits per heavy atom. The van der Waals surface area contributed by atoms with Crippen molar-refractivity contribution in [3.63, 3.8) is 0 Å². The third kappa shape index (κ3) is 4.03. The second kappa shape index (κ2) is 7.20. The highest BCUT2D eigenvalue weighted by Gasteiger charge is 2.19. The van der Waals surface area contributed by atoms with Crippen LogP contribution in [-0.4, -0.2) is 40.7 Å². The number of thiophene rings is 1. The zero-order valence-electron chi connectivity index (χ0n) is 10.7. The molecule has 1 aliphatic heterocycles. The van der Waals surface area contributed by atoms with Crippen LogP contribution in [-0.2, 0) is 6.54 Å². The molecule has 1 saturated heterocycles. The normalized spacial score (nSPS) is 20.4. The number of aliphatic hydroxyl groups excluding tert-OH is 1. The van der Waals surface area contributed by atoms with E-state index < -0.39 is 0 Å². The minimum absolute atomic E-state index is 0.0628. The van der Waals surface area contributed by atoms with Gasteiger partial charge in [-0.25, -0.2) is 0 Å². The lowest BCUT2D eigenvalue weighted by Gasteiger charge is -2.31. The molecule has 0 saturated carbocycles. The van der Waals surface area contributed by atoms with Crippen molar-refractivity contribution in [2.24, 2.45) is 0 Å². The van der Waals surface area contributed by atoms with E-state index in [0.29, 0.717) is 0 Å². The Labute approximate surface area is 117 Å². The van der Waals surface area contributed by atoms with Gasteiger partial charge in [0.25, 0.3) is 0 Å². The molecule has 4 heteroatoms. The number of aliphatic hydroxyl groups is 1. The first kappa shape index (κ1) is 14.0. The summed E-state index contributed by atoms with van der Waals surface area (Å²) in [6, 6.07) is 2.15. The summed E-state index contributed by atoms with van der Waals surface area (Å²) in [6.07, 6.45) is 1.26. The summed E-state index contributed by atoms with van der Waals surface area (Å²) in [5.74, 6) is 6.90. The number of nitrogens with zero attached hydrogens (tertiary/aromatic N) is 1. The van der Waals surface area contributed by atoms with Crippen LogP contribution in [0, 0.1) is 11.8 Å². The molecular weight excluding hydrogens is 262 g/mol. The maximum Gasteiger partial charge on any atom is 0.104 e. The van der Waals surface area contributed by atoms with Gasteiger partial charge in [0.1, 0.15) is 6.61 Å². The van der Waals surface area contributed by atoms with Crippen LogP contribution in [0.15, 0.2) is 11.4 Å². The zero-order chi connectivity index (χ0) is 12.8. The molecule has 0 aliphatic carbocycles. The molecule has 1 unspecified atom stereocenters. The van der Waals surface area contributed by atoms with Gasteiger partial charge in [-0.15, -0.1) is 11.3 Å². The first-order valence-electron chi connectivity index (χ1n) is 6.33. The van der Waals surface area contributed by atoms with Gasteiger partial charge in [-0.2, -0.15) is 11.8 Å². The molecule has 1 atom stereocenters. The molecule has 1 N–H and O–H groups in total. The highest BCUT2D eigenvalue weighted by atomic mass is 32.2. The van der Waals surface area contributed by atoms with Crippen molar-refractivity contribution in [2.75, 3.05) is 25.4 Å². The average Bonchev–Trinajstić information content (AvgIpc) is 2.84. The van der Waals surface area contributed by atoms with Crippen molar-refractivity contribution >= 4 is 23.1 Å². The SMILES string of the molecule is CCC1CN(Cc2cc(C#CCO)cs2)CCS1. The van der Waals surface area contributed by atoms with E-state index in [1.165, 1.54) is 30.1 Å². The van der Waals surface area contributed by atoms with Gasteiger partial charge in [0.15, 0.2) is 0 Å². The van der Waals surface area contributed by atoms with Crippen molar-refractivity contribution < 1.29 is 5.11 Å². The second-order valence-electron chi connectivity index (χ2n) is 4.40.